The van der Waals surface area contributed by atoms with Crippen molar-refractivity contribution in [2.75, 3.05) is 19.5 Å². The van der Waals surface area contributed by atoms with Gasteiger partial charge < -0.3 is 14.8 Å². The number of halogens is 2. The Morgan fingerprint density at radius 1 is 1.10 bits per heavy atom. The maximum Gasteiger partial charge on any atom is 0.145 e. The lowest BCUT2D eigenvalue weighted by molar-refractivity contribution is 0.395. The van der Waals surface area contributed by atoms with Crippen LogP contribution < -0.4 is 14.8 Å². The molecule has 2 rings (SSSR count). The van der Waals surface area contributed by atoms with Crippen LogP contribution >= 0.6 is 11.6 Å². The normalized spacial score (nSPS) is 11.9. The number of anilines is 1. The van der Waals surface area contributed by atoms with Gasteiger partial charge in [-0.15, -0.1) is 0 Å². The van der Waals surface area contributed by atoms with Gasteiger partial charge in [-0.25, -0.2) is 4.39 Å². The molecule has 2 aromatic rings. The largest absolute Gasteiger partial charge is 0.497 e. The van der Waals surface area contributed by atoms with Crippen LogP contribution in [0.3, 0.4) is 0 Å². The molecule has 0 aliphatic carbocycles. The lowest BCUT2D eigenvalue weighted by Gasteiger charge is -2.19. The van der Waals surface area contributed by atoms with E-state index in [0.29, 0.717) is 16.5 Å². The van der Waals surface area contributed by atoms with Crippen molar-refractivity contribution in [3.8, 4) is 11.5 Å². The van der Waals surface area contributed by atoms with E-state index in [1.807, 2.05) is 19.1 Å². The molecule has 3 nitrogen and oxygen atoms in total. The highest BCUT2D eigenvalue weighted by atomic mass is 35.5. The van der Waals surface area contributed by atoms with Gasteiger partial charge in [0.15, 0.2) is 0 Å². The van der Waals surface area contributed by atoms with Crippen LogP contribution in [0.2, 0.25) is 5.02 Å². The molecule has 1 unspecified atom stereocenters. The van der Waals surface area contributed by atoms with Crippen LogP contribution in [0, 0.1) is 5.82 Å². The van der Waals surface area contributed by atoms with Crippen LogP contribution in [0.5, 0.6) is 11.5 Å². The Balaban J connectivity index is 2.24. The highest BCUT2D eigenvalue weighted by Gasteiger charge is 2.13. The Kier molecular flexibility index (Phi) is 4.91. The van der Waals surface area contributed by atoms with Crippen LogP contribution in [0.15, 0.2) is 36.4 Å². The van der Waals surface area contributed by atoms with Crippen molar-refractivity contribution in [1.82, 2.24) is 0 Å². The van der Waals surface area contributed by atoms with Crippen molar-refractivity contribution in [3.63, 3.8) is 0 Å². The zero-order valence-corrected chi connectivity index (χ0v) is 12.9. The van der Waals surface area contributed by atoms with E-state index in [-0.39, 0.29) is 11.9 Å². The number of benzene rings is 2. The van der Waals surface area contributed by atoms with Crippen LogP contribution in [0.4, 0.5) is 10.1 Å². The van der Waals surface area contributed by atoms with Crippen LogP contribution in [0.25, 0.3) is 0 Å². The van der Waals surface area contributed by atoms with E-state index in [1.165, 1.54) is 12.1 Å². The maximum atomic E-state index is 13.1. The van der Waals surface area contributed by atoms with Gasteiger partial charge >= 0.3 is 0 Å². The highest BCUT2D eigenvalue weighted by molar-refractivity contribution is 6.31. The second kappa shape index (κ2) is 6.68. The standard InChI is InChI=1S/C16H17ClFNO2/c1-10(13-6-4-11(18)8-14(13)17)19-15-7-5-12(20-2)9-16(15)21-3/h4-10,19H,1-3H3. The van der Waals surface area contributed by atoms with Crippen molar-refractivity contribution in [2.45, 2.75) is 13.0 Å². The summed E-state index contributed by atoms with van der Waals surface area (Å²) in [6, 6.07) is 9.77. The minimum absolute atomic E-state index is 0.0969. The van der Waals surface area contributed by atoms with E-state index in [2.05, 4.69) is 5.32 Å². The Morgan fingerprint density at radius 3 is 2.48 bits per heavy atom. The quantitative estimate of drug-likeness (QED) is 0.870. The van der Waals surface area contributed by atoms with Gasteiger partial charge in [-0.1, -0.05) is 17.7 Å². The average molecular weight is 310 g/mol. The zero-order chi connectivity index (χ0) is 15.4. The first-order valence-corrected chi connectivity index (χ1v) is 6.86. The predicted octanol–water partition coefficient (Wildman–Crippen LogP) is 4.67. The lowest BCUT2D eigenvalue weighted by Crippen LogP contribution is -2.08. The molecular weight excluding hydrogens is 293 g/mol. The number of hydrogen-bond acceptors (Lipinski definition) is 3. The first-order chi connectivity index (χ1) is 10.0. The monoisotopic (exact) mass is 309 g/mol. The summed E-state index contributed by atoms with van der Waals surface area (Å²) in [5.74, 6) is 1.03. The molecule has 1 atom stereocenters. The Labute approximate surface area is 128 Å². The van der Waals surface area contributed by atoms with Crippen LogP contribution in [0.1, 0.15) is 18.5 Å². The Hall–Kier alpha value is -1.94. The van der Waals surface area contributed by atoms with Crippen molar-refractivity contribution >= 4 is 17.3 Å². The van der Waals surface area contributed by atoms with Gasteiger partial charge in [-0.05, 0) is 36.8 Å². The molecule has 0 saturated heterocycles. The maximum absolute atomic E-state index is 13.1. The summed E-state index contributed by atoms with van der Waals surface area (Å²) >= 11 is 6.08. The van der Waals surface area contributed by atoms with Gasteiger partial charge in [-0.3, -0.25) is 0 Å². The fraction of sp³-hybridized carbons (Fsp3) is 0.250. The van der Waals surface area contributed by atoms with Crippen LogP contribution in [-0.4, -0.2) is 14.2 Å². The second-order valence-corrected chi connectivity index (χ2v) is 5.01. The second-order valence-electron chi connectivity index (χ2n) is 4.60. The van der Waals surface area contributed by atoms with E-state index in [4.69, 9.17) is 21.1 Å². The summed E-state index contributed by atoms with van der Waals surface area (Å²) < 4.78 is 23.6. The van der Waals surface area contributed by atoms with Gasteiger partial charge in [0.1, 0.15) is 17.3 Å². The highest BCUT2D eigenvalue weighted by Crippen LogP contribution is 2.33. The topological polar surface area (TPSA) is 30.5 Å². The molecule has 0 heterocycles. The molecule has 112 valence electrons. The fourth-order valence-corrected chi connectivity index (χ4v) is 2.41. The van der Waals surface area contributed by atoms with Crippen molar-refractivity contribution < 1.29 is 13.9 Å². The summed E-state index contributed by atoms with van der Waals surface area (Å²) in [4.78, 5) is 0. The molecule has 0 aliphatic heterocycles. The zero-order valence-electron chi connectivity index (χ0n) is 12.1. The molecule has 21 heavy (non-hydrogen) atoms. The molecule has 2 aromatic carbocycles. The molecule has 0 aromatic heterocycles. The molecule has 0 fully saturated rings. The SMILES string of the molecule is COc1ccc(NC(C)c2ccc(F)cc2Cl)c(OC)c1. The fourth-order valence-electron chi connectivity index (χ4n) is 2.08. The minimum atomic E-state index is -0.349. The van der Waals surface area contributed by atoms with Gasteiger partial charge in [-0.2, -0.15) is 0 Å². The molecule has 1 N–H and O–H groups in total. The van der Waals surface area contributed by atoms with Crippen molar-refractivity contribution in [1.29, 1.82) is 0 Å². The average Bonchev–Trinajstić information content (AvgIpc) is 2.47. The minimum Gasteiger partial charge on any atom is -0.497 e. The van der Waals surface area contributed by atoms with E-state index >= 15 is 0 Å². The van der Waals surface area contributed by atoms with Crippen molar-refractivity contribution in [2.24, 2.45) is 0 Å². The summed E-state index contributed by atoms with van der Waals surface area (Å²) in [5, 5.41) is 3.69. The van der Waals surface area contributed by atoms with Crippen LogP contribution in [-0.2, 0) is 0 Å². The molecule has 5 heteroatoms. The molecule has 0 bridgehead atoms. The predicted molar refractivity (Wildman–Crippen MR) is 83.0 cm³/mol. The first kappa shape index (κ1) is 15.4. The van der Waals surface area contributed by atoms with Gasteiger partial charge in [0, 0.05) is 11.1 Å². The molecule has 0 amide bonds. The van der Waals surface area contributed by atoms with Gasteiger partial charge in [0.25, 0.3) is 0 Å². The number of rotatable bonds is 5. The van der Waals surface area contributed by atoms with E-state index in [9.17, 15) is 4.39 Å². The smallest absolute Gasteiger partial charge is 0.145 e. The summed E-state index contributed by atoms with van der Waals surface area (Å²) in [5.41, 5.74) is 1.63. The number of ether oxygens (including phenoxy) is 2. The van der Waals surface area contributed by atoms with E-state index in [0.717, 1.165) is 11.3 Å². The molecule has 0 radical (unpaired) electrons. The number of nitrogens with one attached hydrogen (secondary N) is 1. The van der Waals surface area contributed by atoms with Gasteiger partial charge in [0.2, 0.25) is 0 Å². The number of methoxy groups -OCH3 is 2. The molecule has 0 aliphatic rings. The third kappa shape index (κ3) is 3.58. The summed E-state index contributed by atoms with van der Waals surface area (Å²) in [6.07, 6.45) is 0. The first-order valence-electron chi connectivity index (χ1n) is 6.48. The summed E-state index contributed by atoms with van der Waals surface area (Å²) in [6.45, 7) is 1.95. The third-order valence-electron chi connectivity index (χ3n) is 3.21. The van der Waals surface area contributed by atoms with E-state index < -0.39 is 0 Å². The van der Waals surface area contributed by atoms with Crippen molar-refractivity contribution in [3.05, 3.63) is 52.8 Å². The van der Waals surface area contributed by atoms with Gasteiger partial charge in [0.05, 0.1) is 25.9 Å². The Morgan fingerprint density at radius 2 is 1.86 bits per heavy atom. The Bertz CT molecular complexity index is 634. The lowest BCUT2D eigenvalue weighted by atomic mass is 10.1. The molecular formula is C16H17ClFNO2. The molecule has 0 spiro atoms. The van der Waals surface area contributed by atoms with E-state index in [1.54, 1.807) is 26.4 Å². The summed E-state index contributed by atoms with van der Waals surface area (Å²) in [7, 11) is 3.19. The third-order valence-corrected chi connectivity index (χ3v) is 3.54. The molecule has 0 saturated carbocycles. The number of hydrogen-bond donors (Lipinski definition) is 1.